The van der Waals surface area contributed by atoms with Gasteiger partial charge in [0.15, 0.2) is 0 Å². The summed E-state index contributed by atoms with van der Waals surface area (Å²) in [5.41, 5.74) is 10.4. The van der Waals surface area contributed by atoms with Crippen LogP contribution in [0.15, 0.2) is 30.5 Å². The van der Waals surface area contributed by atoms with Crippen LogP contribution in [0.3, 0.4) is 0 Å². The highest BCUT2D eigenvalue weighted by Gasteiger charge is 2.17. The van der Waals surface area contributed by atoms with E-state index in [-0.39, 0.29) is 5.91 Å². The second kappa shape index (κ2) is 9.04. The number of carbonyl (C=O) groups excluding carboxylic acids is 2. The highest BCUT2D eigenvalue weighted by Crippen LogP contribution is 2.34. The Hall–Kier alpha value is -3.26. The van der Waals surface area contributed by atoms with Gasteiger partial charge in [-0.15, -0.1) is 0 Å². The molecular weight excluding hydrogens is 380 g/mol. The summed E-state index contributed by atoms with van der Waals surface area (Å²) < 4.78 is 0. The Balaban J connectivity index is 1.38. The Morgan fingerprint density at radius 1 is 1.17 bits per heavy atom. The molecule has 0 atom stereocenters. The van der Waals surface area contributed by atoms with Crippen molar-refractivity contribution in [2.75, 3.05) is 43.4 Å². The van der Waals surface area contributed by atoms with Gasteiger partial charge in [-0.1, -0.05) is 6.42 Å². The number of urea groups is 1. The molecule has 3 heterocycles. The van der Waals surface area contributed by atoms with Gasteiger partial charge in [-0.3, -0.25) is 4.79 Å². The fraction of sp³-hybridized carbons (Fsp3) is 0.364. The van der Waals surface area contributed by atoms with Gasteiger partial charge in [0.1, 0.15) is 0 Å². The Labute approximate surface area is 175 Å². The van der Waals surface area contributed by atoms with Gasteiger partial charge in [0.05, 0.1) is 5.56 Å². The number of anilines is 2. The molecule has 6 N–H and O–H groups in total. The van der Waals surface area contributed by atoms with Crippen molar-refractivity contribution in [3.8, 4) is 0 Å². The van der Waals surface area contributed by atoms with E-state index in [2.05, 4.69) is 25.8 Å². The minimum absolute atomic E-state index is 0.0641. The highest BCUT2D eigenvalue weighted by molar-refractivity contribution is 5.98. The van der Waals surface area contributed by atoms with Crippen molar-refractivity contribution in [2.24, 2.45) is 5.73 Å². The second-order valence-electron chi connectivity index (χ2n) is 7.77. The largest absolute Gasteiger partial charge is 0.380 e. The van der Waals surface area contributed by atoms with E-state index in [1.165, 1.54) is 19.3 Å². The van der Waals surface area contributed by atoms with E-state index in [1.54, 1.807) is 12.3 Å². The molecule has 0 bridgehead atoms. The van der Waals surface area contributed by atoms with Crippen LogP contribution in [0.5, 0.6) is 0 Å². The van der Waals surface area contributed by atoms with Gasteiger partial charge < -0.3 is 31.6 Å². The molecule has 2 aromatic rings. The number of aromatic nitrogens is 1. The van der Waals surface area contributed by atoms with E-state index in [4.69, 9.17) is 5.73 Å². The van der Waals surface area contributed by atoms with Gasteiger partial charge in [0, 0.05) is 48.5 Å². The molecule has 0 aliphatic carbocycles. The standard InChI is InChI=1S/C22H28N6O2/c23-22(30)27-17-4-5-20-19(12-17)15(13-26-20)10-18-11-16(14-25-18)21(29)24-6-9-28-7-2-1-3-8-28/h4-5,10-12,14,25-26H,1-3,6-9,13H2,(H,24,29)(H3,23,27,30). The summed E-state index contributed by atoms with van der Waals surface area (Å²) in [5.74, 6) is -0.0641. The molecule has 1 aromatic heterocycles. The number of nitrogens with one attached hydrogen (secondary N) is 4. The molecule has 0 radical (unpaired) electrons. The second-order valence-corrected chi connectivity index (χ2v) is 7.77. The number of hydrogen-bond acceptors (Lipinski definition) is 4. The molecule has 1 fully saturated rings. The number of rotatable bonds is 6. The Morgan fingerprint density at radius 3 is 2.80 bits per heavy atom. The number of likely N-dealkylation sites (tertiary alicyclic amines) is 1. The first-order valence-corrected chi connectivity index (χ1v) is 10.4. The van der Waals surface area contributed by atoms with E-state index in [0.29, 0.717) is 24.3 Å². The Morgan fingerprint density at radius 2 is 2.00 bits per heavy atom. The van der Waals surface area contributed by atoms with E-state index in [9.17, 15) is 9.59 Å². The van der Waals surface area contributed by atoms with Crippen LogP contribution in [0.4, 0.5) is 16.2 Å². The summed E-state index contributed by atoms with van der Waals surface area (Å²) in [7, 11) is 0. The molecule has 8 heteroatoms. The number of amides is 3. The van der Waals surface area contributed by atoms with Gasteiger partial charge in [-0.05, 0) is 61.8 Å². The van der Waals surface area contributed by atoms with Crippen molar-refractivity contribution in [3.05, 3.63) is 47.3 Å². The maximum absolute atomic E-state index is 12.4. The molecule has 8 nitrogen and oxygen atoms in total. The van der Waals surface area contributed by atoms with Gasteiger partial charge in [-0.25, -0.2) is 4.79 Å². The number of aromatic amines is 1. The minimum Gasteiger partial charge on any atom is -0.380 e. The highest BCUT2D eigenvalue weighted by atomic mass is 16.2. The topological polar surface area (TPSA) is 115 Å². The number of carbonyl (C=O) groups is 2. The molecule has 0 spiro atoms. The third kappa shape index (κ3) is 4.83. The van der Waals surface area contributed by atoms with Crippen molar-refractivity contribution >= 4 is 35.0 Å². The van der Waals surface area contributed by atoms with Crippen LogP contribution in [0, 0.1) is 0 Å². The first-order chi connectivity index (χ1) is 14.6. The number of hydrogen-bond donors (Lipinski definition) is 5. The van der Waals surface area contributed by atoms with Gasteiger partial charge in [0.2, 0.25) is 0 Å². The van der Waals surface area contributed by atoms with E-state index < -0.39 is 6.03 Å². The quantitative estimate of drug-likeness (QED) is 0.505. The molecule has 3 amide bonds. The summed E-state index contributed by atoms with van der Waals surface area (Å²) in [5, 5.41) is 8.94. The molecule has 2 aliphatic rings. The monoisotopic (exact) mass is 408 g/mol. The normalized spacial score (nSPS) is 17.4. The summed E-state index contributed by atoms with van der Waals surface area (Å²) >= 11 is 0. The molecule has 2 aliphatic heterocycles. The molecule has 0 saturated carbocycles. The van der Waals surface area contributed by atoms with Crippen LogP contribution in [0.25, 0.3) is 11.6 Å². The summed E-state index contributed by atoms with van der Waals surface area (Å²) in [6.07, 6.45) is 7.56. The van der Waals surface area contributed by atoms with Gasteiger partial charge >= 0.3 is 6.03 Å². The van der Waals surface area contributed by atoms with E-state index in [0.717, 1.165) is 42.2 Å². The first kappa shape index (κ1) is 20.0. The van der Waals surface area contributed by atoms with Crippen LogP contribution in [0.1, 0.15) is 40.9 Å². The molecule has 0 unspecified atom stereocenters. The van der Waals surface area contributed by atoms with Crippen LogP contribution < -0.4 is 21.7 Å². The van der Waals surface area contributed by atoms with Crippen molar-refractivity contribution in [1.82, 2.24) is 15.2 Å². The Bertz CT molecular complexity index is 958. The lowest BCUT2D eigenvalue weighted by molar-refractivity contribution is 0.0946. The third-order valence-electron chi connectivity index (χ3n) is 5.56. The van der Waals surface area contributed by atoms with E-state index >= 15 is 0 Å². The maximum Gasteiger partial charge on any atom is 0.316 e. The number of H-pyrrole nitrogens is 1. The smallest absolute Gasteiger partial charge is 0.316 e. The minimum atomic E-state index is -0.591. The molecule has 1 saturated heterocycles. The van der Waals surface area contributed by atoms with Crippen molar-refractivity contribution < 1.29 is 9.59 Å². The molecule has 158 valence electrons. The summed E-state index contributed by atoms with van der Waals surface area (Å²) in [6, 6.07) is 6.87. The van der Waals surface area contributed by atoms with Crippen LogP contribution in [-0.4, -0.2) is 54.5 Å². The van der Waals surface area contributed by atoms with Crippen molar-refractivity contribution in [3.63, 3.8) is 0 Å². The number of nitrogens with two attached hydrogens (primary N) is 1. The zero-order valence-electron chi connectivity index (χ0n) is 17.0. The lowest BCUT2D eigenvalue weighted by Gasteiger charge is -2.26. The van der Waals surface area contributed by atoms with E-state index in [1.807, 2.05) is 24.3 Å². The fourth-order valence-corrected chi connectivity index (χ4v) is 4.03. The van der Waals surface area contributed by atoms with Crippen LogP contribution in [0.2, 0.25) is 0 Å². The van der Waals surface area contributed by atoms with Crippen LogP contribution >= 0.6 is 0 Å². The fourth-order valence-electron chi connectivity index (χ4n) is 4.03. The summed E-state index contributed by atoms with van der Waals surface area (Å²) in [4.78, 5) is 29.1. The zero-order chi connectivity index (χ0) is 20.9. The maximum atomic E-state index is 12.4. The SMILES string of the molecule is NC(=O)Nc1ccc2c(c1)C(=Cc1cc(C(=O)NCCN3CCCCC3)c[nH]1)CN2. The number of benzene rings is 1. The molecule has 30 heavy (non-hydrogen) atoms. The predicted octanol–water partition coefficient (Wildman–Crippen LogP) is 2.69. The van der Waals surface area contributed by atoms with Gasteiger partial charge in [0.25, 0.3) is 5.91 Å². The zero-order valence-corrected chi connectivity index (χ0v) is 17.0. The number of piperidine rings is 1. The Kier molecular flexibility index (Phi) is 6.04. The van der Waals surface area contributed by atoms with Crippen molar-refractivity contribution in [2.45, 2.75) is 19.3 Å². The predicted molar refractivity (Wildman–Crippen MR) is 119 cm³/mol. The molecule has 4 rings (SSSR count). The number of nitrogens with zero attached hydrogens (tertiary/aromatic N) is 1. The average molecular weight is 409 g/mol. The molecule has 1 aromatic carbocycles. The lowest BCUT2D eigenvalue weighted by atomic mass is 10.1. The lowest BCUT2D eigenvalue weighted by Crippen LogP contribution is -2.37. The number of primary amides is 1. The summed E-state index contributed by atoms with van der Waals surface area (Å²) in [6.45, 7) is 4.49. The molecular formula is C22H28N6O2. The number of fused-ring (bicyclic) bond motifs is 1. The van der Waals surface area contributed by atoms with Gasteiger partial charge in [-0.2, -0.15) is 0 Å². The first-order valence-electron chi connectivity index (χ1n) is 10.4. The third-order valence-corrected chi connectivity index (χ3v) is 5.56. The van der Waals surface area contributed by atoms with Crippen molar-refractivity contribution in [1.29, 1.82) is 0 Å². The van der Waals surface area contributed by atoms with Crippen LogP contribution in [-0.2, 0) is 0 Å². The average Bonchev–Trinajstić information content (AvgIpc) is 3.36.